The quantitative estimate of drug-likeness (QED) is 0.840. The number of benzene rings is 1. The molecule has 0 aromatic heterocycles. The Hall–Kier alpha value is -1.02. The predicted octanol–water partition coefficient (Wildman–Crippen LogP) is 1.50. The fourth-order valence-electron chi connectivity index (χ4n) is 3.03. The maximum atomic E-state index is 6.10. The summed E-state index contributed by atoms with van der Waals surface area (Å²) in [7, 11) is 4.84. The molecule has 6 heteroatoms. The average molecular weight is 310 g/mol. The molecule has 6 nitrogen and oxygen atoms in total. The van der Waals surface area contributed by atoms with Crippen LogP contribution in [0.3, 0.4) is 0 Å². The van der Waals surface area contributed by atoms with Crippen molar-refractivity contribution in [2.45, 2.75) is 37.0 Å². The van der Waals surface area contributed by atoms with Gasteiger partial charge >= 0.3 is 0 Å². The molecule has 0 N–H and O–H groups in total. The maximum Gasteiger partial charge on any atom is 0.186 e. The molecule has 2 aliphatic rings. The van der Waals surface area contributed by atoms with Gasteiger partial charge in [-0.15, -0.1) is 0 Å². The third kappa shape index (κ3) is 2.90. The van der Waals surface area contributed by atoms with Crippen LogP contribution in [0.15, 0.2) is 30.3 Å². The third-order valence-electron chi connectivity index (χ3n) is 4.13. The number of hydrogen-bond acceptors (Lipinski definition) is 6. The predicted molar refractivity (Wildman–Crippen MR) is 77.3 cm³/mol. The molecule has 1 aromatic rings. The molecule has 2 fully saturated rings. The summed E-state index contributed by atoms with van der Waals surface area (Å²) < 4.78 is 34.2. The van der Waals surface area contributed by atoms with E-state index in [4.69, 9.17) is 28.4 Å². The van der Waals surface area contributed by atoms with E-state index in [2.05, 4.69) is 0 Å². The Morgan fingerprint density at radius 3 is 2.27 bits per heavy atom. The van der Waals surface area contributed by atoms with Crippen LogP contribution >= 0.6 is 0 Å². The highest BCUT2D eigenvalue weighted by molar-refractivity contribution is 5.16. The van der Waals surface area contributed by atoms with Crippen LogP contribution in [0, 0.1) is 0 Å². The Labute approximate surface area is 130 Å². The van der Waals surface area contributed by atoms with Crippen LogP contribution in [0.1, 0.15) is 11.9 Å². The van der Waals surface area contributed by atoms with E-state index in [0.29, 0.717) is 6.61 Å². The first kappa shape index (κ1) is 15.9. The van der Waals surface area contributed by atoms with Crippen molar-refractivity contribution in [3.8, 4) is 0 Å². The number of fused-ring (bicyclic) bond motifs is 1. The van der Waals surface area contributed by atoms with Crippen LogP contribution in [-0.4, -0.2) is 58.6 Å². The minimum absolute atomic E-state index is 0.249. The number of ether oxygens (including phenoxy) is 6. The number of hydrogen-bond donors (Lipinski definition) is 0. The second-order valence-corrected chi connectivity index (χ2v) is 5.36. The summed E-state index contributed by atoms with van der Waals surface area (Å²) in [6.07, 6.45) is -2.10. The van der Waals surface area contributed by atoms with E-state index in [-0.39, 0.29) is 24.4 Å². The molecule has 0 saturated carbocycles. The molecule has 2 aliphatic heterocycles. The molecule has 1 aromatic carbocycles. The van der Waals surface area contributed by atoms with Gasteiger partial charge in [-0.3, -0.25) is 0 Å². The molecule has 0 aliphatic carbocycles. The molecule has 3 rings (SSSR count). The smallest absolute Gasteiger partial charge is 0.186 e. The molecule has 0 radical (unpaired) electrons. The van der Waals surface area contributed by atoms with Gasteiger partial charge in [0.25, 0.3) is 0 Å². The van der Waals surface area contributed by atoms with E-state index in [1.807, 2.05) is 30.3 Å². The van der Waals surface area contributed by atoms with E-state index in [9.17, 15) is 0 Å². The van der Waals surface area contributed by atoms with Crippen molar-refractivity contribution >= 4 is 0 Å². The first-order valence-corrected chi connectivity index (χ1v) is 7.34. The van der Waals surface area contributed by atoms with Gasteiger partial charge in [-0.2, -0.15) is 0 Å². The second kappa shape index (κ2) is 7.04. The van der Waals surface area contributed by atoms with Crippen molar-refractivity contribution in [2.75, 3.05) is 27.9 Å². The summed E-state index contributed by atoms with van der Waals surface area (Å²) >= 11 is 0. The van der Waals surface area contributed by atoms with Gasteiger partial charge in [0.15, 0.2) is 12.6 Å². The fourth-order valence-corrected chi connectivity index (χ4v) is 3.03. The lowest BCUT2D eigenvalue weighted by Gasteiger charge is -2.48. The lowest BCUT2D eigenvalue weighted by molar-refractivity contribution is -0.363. The SMILES string of the molecule is CO[C@H]1O[C@@H]2COC(c3ccccc3)O[C@H]2[C@H](OC)[C@@H]1OC. The molecule has 2 saturated heterocycles. The summed E-state index contributed by atoms with van der Waals surface area (Å²) in [6.45, 7) is 0.417. The van der Waals surface area contributed by atoms with Gasteiger partial charge in [-0.05, 0) is 0 Å². The van der Waals surface area contributed by atoms with E-state index in [0.717, 1.165) is 5.56 Å². The minimum atomic E-state index is -0.503. The topological polar surface area (TPSA) is 55.4 Å². The molecule has 122 valence electrons. The molecule has 0 bridgehead atoms. The lowest BCUT2D eigenvalue weighted by atomic mass is 9.97. The van der Waals surface area contributed by atoms with E-state index >= 15 is 0 Å². The monoisotopic (exact) mass is 310 g/mol. The van der Waals surface area contributed by atoms with Gasteiger partial charge in [0.05, 0.1) is 6.61 Å². The van der Waals surface area contributed by atoms with E-state index in [1.54, 1.807) is 21.3 Å². The summed E-state index contributed by atoms with van der Waals surface area (Å²) in [6, 6.07) is 9.82. The van der Waals surface area contributed by atoms with Crippen molar-refractivity contribution in [1.82, 2.24) is 0 Å². The van der Waals surface area contributed by atoms with Crippen LogP contribution < -0.4 is 0 Å². The highest BCUT2D eigenvalue weighted by Crippen LogP contribution is 2.35. The Morgan fingerprint density at radius 1 is 0.909 bits per heavy atom. The summed E-state index contributed by atoms with van der Waals surface area (Å²) in [5, 5.41) is 0. The summed E-state index contributed by atoms with van der Waals surface area (Å²) in [4.78, 5) is 0. The molecule has 0 amide bonds. The van der Waals surface area contributed by atoms with Crippen LogP contribution in [0.5, 0.6) is 0 Å². The van der Waals surface area contributed by atoms with Crippen LogP contribution in [-0.2, 0) is 28.4 Å². The minimum Gasteiger partial charge on any atom is -0.376 e. The van der Waals surface area contributed by atoms with Crippen molar-refractivity contribution < 1.29 is 28.4 Å². The fraction of sp³-hybridized carbons (Fsp3) is 0.625. The second-order valence-electron chi connectivity index (χ2n) is 5.36. The maximum absolute atomic E-state index is 6.10. The standard InChI is InChI=1S/C16H22O6/c1-17-13-12-11(21-16(19-3)14(13)18-2)9-20-15(22-12)10-7-5-4-6-8-10/h4-8,11-16H,9H2,1-3H3/t11-,12-,13+,14+,15?,16+/m1/s1. The Morgan fingerprint density at radius 2 is 1.64 bits per heavy atom. The highest BCUT2D eigenvalue weighted by Gasteiger charge is 2.50. The van der Waals surface area contributed by atoms with E-state index < -0.39 is 12.6 Å². The molecule has 1 unspecified atom stereocenters. The van der Waals surface area contributed by atoms with Crippen LogP contribution in [0.25, 0.3) is 0 Å². The van der Waals surface area contributed by atoms with Gasteiger partial charge in [0.1, 0.15) is 24.4 Å². The van der Waals surface area contributed by atoms with Crippen molar-refractivity contribution in [3.63, 3.8) is 0 Å². The normalized spacial score (nSPS) is 38.5. The van der Waals surface area contributed by atoms with Crippen LogP contribution in [0.2, 0.25) is 0 Å². The zero-order valence-corrected chi connectivity index (χ0v) is 13.0. The van der Waals surface area contributed by atoms with Gasteiger partial charge in [0, 0.05) is 26.9 Å². The van der Waals surface area contributed by atoms with Gasteiger partial charge < -0.3 is 28.4 Å². The summed E-state index contributed by atoms with van der Waals surface area (Å²) in [5.41, 5.74) is 0.971. The van der Waals surface area contributed by atoms with Gasteiger partial charge in [-0.25, -0.2) is 0 Å². The number of methoxy groups -OCH3 is 3. The molecule has 22 heavy (non-hydrogen) atoms. The zero-order valence-electron chi connectivity index (χ0n) is 13.0. The van der Waals surface area contributed by atoms with Crippen molar-refractivity contribution in [3.05, 3.63) is 35.9 Å². The highest BCUT2D eigenvalue weighted by atomic mass is 16.8. The third-order valence-corrected chi connectivity index (χ3v) is 4.13. The van der Waals surface area contributed by atoms with Crippen molar-refractivity contribution in [1.29, 1.82) is 0 Å². The van der Waals surface area contributed by atoms with Gasteiger partial charge in [-0.1, -0.05) is 30.3 Å². The van der Waals surface area contributed by atoms with Crippen molar-refractivity contribution in [2.24, 2.45) is 0 Å². The lowest BCUT2D eigenvalue weighted by Crippen LogP contribution is -2.63. The molecular formula is C16H22O6. The summed E-state index contributed by atoms with van der Waals surface area (Å²) in [5.74, 6) is 0. The number of rotatable bonds is 4. The first-order valence-electron chi connectivity index (χ1n) is 7.34. The zero-order chi connectivity index (χ0) is 15.5. The first-order chi connectivity index (χ1) is 10.8. The largest absolute Gasteiger partial charge is 0.376 e. The molecule has 0 spiro atoms. The average Bonchev–Trinajstić information content (AvgIpc) is 2.60. The Bertz CT molecular complexity index is 467. The molecular weight excluding hydrogens is 288 g/mol. The molecule has 6 atom stereocenters. The Kier molecular flexibility index (Phi) is 5.07. The van der Waals surface area contributed by atoms with Crippen LogP contribution in [0.4, 0.5) is 0 Å². The Balaban J connectivity index is 1.79. The van der Waals surface area contributed by atoms with Gasteiger partial charge in [0.2, 0.25) is 0 Å². The molecule has 2 heterocycles. The van der Waals surface area contributed by atoms with E-state index in [1.165, 1.54) is 0 Å².